The third-order valence-corrected chi connectivity index (χ3v) is 4.65. The number of nitrogens with two attached hydrogens (primary N) is 1. The van der Waals surface area contributed by atoms with Crippen LogP contribution in [0.2, 0.25) is 0 Å². The van der Waals surface area contributed by atoms with E-state index in [1.807, 2.05) is 18.2 Å². The monoisotopic (exact) mass is 288 g/mol. The number of benzene rings is 1. The third kappa shape index (κ3) is 2.25. The Morgan fingerprint density at radius 2 is 2.15 bits per heavy atom. The number of thiophene rings is 1. The molecule has 20 heavy (non-hydrogen) atoms. The lowest BCUT2D eigenvalue weighted by Gasteiger charge is -2.11. The van der Waals surface area contributed by atoms with Crippen LogP contribution in [0.3, 0.4) is 0 Å². The van der Waals surface area contributed by atoms with Crippen LogP contribution in [0.4, 0.5) is 5.69 Å². The number of fused-ring (bicyclic) bond motifs is 1. The lowest BCUT2D eigenvalue weighted by Crippen LogP contribution is -2.32. The zero-order chi connectivity index (χ0) is 14.1. The highest BCUT2D eigenvalue weighted by Crippen LogP contribution is 2.35. The molecule has 1 aliphatic rings. The number of carbonyl (C=O) groups is 1. The maximum Gasteiger partial charge on any atom is 0.263 e. The second kappa shape index (κ2) is 5.17. The number of carbonyl (C=O) groups excluding carboxylic acids is 1. The van der Waals surface area contributed by atoms with Crippen molar-refractivity contribution >= 4 is 33.0 Å². The fraction of sp³-hybridized carbons (Fsp3) is 0.267. The Balaban J connectivity index is 1.90. The van der Waals surface area contributed by atoms with E-state index >= 15 is 0 Å². The van der Waals surface area contributed by atoms with E-state index in [0.717, 1.165) is 28.7 Å². The van der Waals surface area contributed by atoms with Gasteiger partial charge < -0.3 is 15.8 Å². The van der Waals surface area contributed by atoms with E-state index in [9.17, 15) is 4.79 Å². The van der Waals surface area contributed by atoms with Crippen molar-refractivity contribution in [2.75, 3.05) is 12.8 Å². The van der Waals surface area contributed by atoms with Crippen LogP contribution in [0.15, 0.2) is 30.4 Å². The molecule has 3 rings (SSSR count). The molecule has 1 heterocycles. The molecule has 1 amide bonds. The summed E-state index contributed by atoms with van der Waals surface area (Å²) in [6.45, 7) is 0. The largest absolute Gasteiger partial charge is 0.497 e. The topological polar surface area (TPSA) is 64.3 Å². The molecule has 1 aromatic heterocycles. The van der Waals surface area contributed by atoms with Gasteiger partial charge in [-0.25, -0.2) is 0 Å². The quantitative estimate of drug-likeness (QED) is 0.853. The summed E-state index contributed by atoms with van der Waals surface area (Å²) in [4.78, 5) is 12.9. The van der Waals surface area contributed by atoms with E-state index in [1.165, 1.54) is 11.3 Å². The van der Waals surface area contributed by atoms with Gasteiger partial charge in [0.05, 0.1) is 12.8 Å². The smallest absolute Gasteiger partial charge is 0.263 e. The summed E-state index contributed by atoms with van der Waals surface area (Å²) in [5, 5.41) is 3.93. The lowest BCUT2D eigenvalue weighted by atomic mass is 10.2. The average Bonchev–Trinajstić information content (AvgIpc) is 3.06. The van der Waals surface area contributed by atoms with Gasteiger partial charge in [-0.3, -0.25) is 4.79 Å². The number of amides is 1. The lowest BCUT2D eigenvalue weighted by molar-refractivity contribution is 0.0944. The Hall–Kier alpha value is -2.01. The fourth-order valence-corrected chi connectivity index (χ4v) is 3.43. The van der Waals surface area contributed by atoms with Crippen molar-refractivity contribution in [1.82, 2.24) is 5.32 Å². The molecule has 3 N–H and O–H groups in total. The van der Waals surface area contributed by atoms with Gasteiger partial charge in [-0.2, -0.15) is 0 Å². The summed E-state index contributed by atoms with van der Waals surface area (Å²) >= 11 is 1.41. The summed E-state index contributed by atoms with van der Waals surface area (Å²) in [5.41, 5.74) is 6.65. The van der Waals surface area contributed by atoms with Gasteiger partial charge in [0.15, 0.2) is 0 Å². The number of hydrogen-bond donors (Lipinski definition) is 2. The van der Waals surface area contributed by atoms with Crippen molar-refractivity contribution in [1.29, 1.82) is 0 Å². The zero-order valence-electron chi connectivity index (χ0n) is 11.2. The molecule has 4 nitrogen and oxygen atoms in total. The van der Waals surface area contributed by atoms with E-state index in [2.05, 4.69) is 17.5 Å². The highest BCUT2D eigenvalue weighted by atomic mass is 32.1. The number of anilines is 1. The maximum absolute atomic E-state index is 12.3. The number of rotatable bonds is 3. The Morgan fingerprint density at radius 1 is 1.40 bits per heavy atom. The molecule has 0 atom stereocenters. The van der Waals surface area contributed by atoms with Crippen LogP contribution in [0, 0.1) is 0 Å². The number of hydrogen-bond acceptors (Lipinski definition) is 4. The van der Waals surface area contributed by atoms with E-state index in [0.29, 0.717) is 10.6 Å². The predicted octanol–water partition coefficient (Wildman–Crippen LogP) is 2.94. The first kappa shape index (κ1) is 13.0. The molecule has 104 valence electrons. The van der Waals surface area contributed by atoms with Crippen LogP contribution in [-0.4, -0.2) is 19.1 Å². The first-order valence-electron chi connectivity index (χ1n) is 6.51. The minimum Gasteiger partial charge on any atom is -0.497 e. The van der Waals surface area contributed by atoms with Crippen molar-refractivity contribution < 1.29 is 9.53 Å². The molecule has 1 aliphatic carbocycles. The average molecular weight is 288 g/mol. The van der Waals surface area contributed by atoms with Gasteiger partial charge in [-0.1, -0.05) is 12.2 Å². The van der Waals surface area contributed by atoms with Gasteiger partial charge in [-0.15, -0.1) is 11.3 Å². The van der Waals surface area contributed by atoms with Gasteiger partial charge >= 0.3 is 0 Å². The molecule has 0 radical (unpaired) electrons. The van der Waals surface area contributed by atoms with Gasteiger partial charge in [0.2, 0.25) is 0 Å². The third-order valence-electron chi connectivity index (χ3n) is 3.48. The van der Waals surface area contributed by atoms with E-state index in [4.69, 9.17) is 10.5 Å². The number of nitrogen functional groups attached to an aromatic ring is 1. The van der Waals surface area contributed by atoms with Crippen LogP contribution in [-0.2, 0) is 0 Å². The number of methoxy groups -OCH3 is 1. The van der Waals surface area contributed by atoms with Gasteiger partial charge in [0.25, 0.3) is 5.91 Å². The zero-order valence-corrected chi connectivity index (χ0v) is 12.0. The first-order chi connectivity index (χ1) is 9.69. The molecule has 0 bridgehead atoms. The molecule has 2 aromatic rings. The van der Waals surface area contributed by atoms with Crippen molar-refractivity contribution in [3.05, 3.63) is 35.2 Å². The Morgan fingerprint density at radius 3 is 2.85 bits per heavy atom. The Labute approximate surface area is 121 Å². The summed E-state index contributed by atoms with van der Waals surface area (Å²) in [6.07, 6.45) is 5.96. The summed E-state index contributed by atoms with van der Waals surface area (Å²) < 4.78 is 6.17. The van der Waals surface area contributed by atoms with Crippen LogP contribution in [0.25, 0.3) is 10.1 Å². The molecule has 0 saturated heterocycles. The maximum atomic E-state index is 12.3. The molecule has 5 heteroatoms. The minimum absolute atomic E-state index is 0.0867. The first-order valence-corrected chi connectivity index (χ1v) is 7.32. The van der Waals surface area contributed by atoms with E-state index in [1.54, 1.807) is 7.11 Å². The van der Waals surface area contributed by atoms with Gasteiger partial charge in [0, 0.05) is 16.1 Å². The van der Waals surface area contributed by atoms with Crippen molar-refractivity contribution in [2.24, 2.45) is 0 Å². The van der Waals surface area contributed by atoms with Crippen LogP contribution < -0.4 is 15.8 Å². The standard InChI is InChI=1S/C15H16N2O2S/c1-19-10-6-7-11-12(8-10)20-14(13(11)16)15(18)17-9-4-2-3-5-9/h2-3,6-9H,4-5,16H2,1H3,(H,17,18). The van der Waals surface area contributed by atoms with E-state index in [-0.39, 0.29) is 11.9 Å². The molecular weight excluding hydrogens is 272 g/mol. The molecule has 0 saturated carbocycles. The fourth-order valence-electron chi connectivity index (χ4n) is 2.38. The molecule has 0 spiro atoms. The molecule has 0 unspecified atom stereocenters. The predicted molar refractivity (Wildman–Crippen MR) is 82.4 cm³/mol. The minimum atomic E-state index is -0.0867. The summed E-state index contributed by atoms with van der Waals surface area (Å²) in [5.74, 6) is 0.682. The Bertz CT molecular complexity index is 682. The molecule has 1 aromatic carbocycles. The van der Waals surface area contributed by atoms with Gasteiger partial charge in [-0.05, 0) is 31.0 Å². The van der Waals surface area contributed by atoms with Crippen LogP contribution in [0.5, 0.6) is 5.75 Å². The number of nitrogens with one attached hydrogen (secondary N) is 1. The summed E-state index contributed by atoms with van der Waals surface area (Å²) in [6, 6.07) is 5.85. The Kier molecular flexibility index (Phi) is 3.36. The number of ether oxygens (including phenoxy) is 1. The highest BCUT2D eigenvalue weighted by molar-refractivity contribution is 7.21. The van der Waals surface area contributed by atoms with Crippen LogP contribution in [0.1, 0.15) is 22.5 Å². The van der Waals surface area contributed by atoms with Crippen LogP contribution >= 0.6 is 11.3 Å². The highest BCUT2D eigenvalue weighted by Gasteiger charge is 2.20. The second-order valence-electron chi connectivity index (χ2n) is 4.82. The summed E-state index contributed by atoms with van der Waals surface area (Å²) in [7, 11) is 1.62. The van der Waals surface area contributed by atoms with E-state index < -0.39 is 0 Å². The van der Waals surface area contributed by atoms with Crippen molar-refractivity contribution in [3.63, 3.8) is 0 Å². The van der Waals surface area contributed by atoms with Gasteiger partial charge in [0.1, 0.15) is 10.6 Å². The second-order valence-corrected chi connectivity index (χ2v) is 5.87. The molecule has 0 aliphatic heterocycles. The SMILES string of the molecule is COc1ccc2c(N)c(C(=O)NC3CC=CC3)sc2c1. The van der Waals surface area contributed by atoms with Crippen molar-refractivity contribution in [3.8, 4) is 5.75 Å². The van der Waals surface area contributed by atoms with Crippen molar-refractivity contribution in [2.45, 2.75) is 18.9 Å². The molecular formula is C15H16N2O2S. The normalized spacial score (nSPS) is 14.8. The molecule has 0 fully saturated rings.